The maximum absolute atomic E-state index is 6.05. The molecule has 3 heteroatoms. The predicted octanol–water partition coefficient (Wildman–Crippen LogP) is 2.25. The Morgan fingerprint density at radius 3 is 2.39 bits per heavy atom. The van der Waals surface area contributed by atoms with Gasteiger partial charge in [0.1, 0.15) is 0 Å². The monoisotopic (exact) mass is 254 g/mol. The quantitative estimate of drug-likeness (QED) is 0.836. The van der Waals surface area contributed by atoms with Gasteiger partial charge < -0.3 is 10.5 Å². The minimum Gasteiger partial charge on any atom is -0.381 e. The molecule has 0 aromatic carbocycles. The van der Waals surface area contributed by atoms with Crippen LogP contribution in [-0.4, -0.2) is 43.8 Å². The number of hydrogen-bond donors (Lipinski definition) is 1. The highest BCUT2D eigenvalue weighted by Gasteiger charge is 2.34. The number of nitrogens with zero attached hydrogens (tertiary/aromatic N) is 1. The number of ether oxygens (including phenoxy) is 1. The number of hydrogen-bond acceptors (Lipinski definition) is 3. The summed E-state index contributed by atoms with van der Waals surface area (Å²) in [6.07, 6.45) is 6.38. The topological polar surface area (TPSA) is 38.5 Å². The summed E-state index contributed by atoms with van der Waals surface area (Å²) >= 11 is 0. The van der Waals surface area contributed by atoms with Gasteiger partial charge in [-0.05, 0) is 50.1 Å². The zero-order valence-electron chi connectivity index (χ0n) is 12.2. The second kappa shape index (κ2) is 6.36. The van der Waals surface area contributed by atoms with Gasteiger partial charge in [0, 0.05) is 25.8 Å². The van der Waals surface area contributed by atoms with Crippen LogP contribution >= 0.6 is 0 Å². The molecule has 0 amide bonds. The summed E-state index contributed by atoms with van der Waals surface area (Å²) in [6, 6.07) is 0.593. The van der Waals surface area contributed by atoms with E-state index in [0.29, 0.717) is 11.5 Å². The molecule has 2 aliphatic heterocycles. The van der Waals surface area contributed by atoms with Crippen molar-refractivity contribution in [3.8, 4) is 0 Å². The molecule has 0 bridgehead atoms. The molecule has 0 saturated carbocycles. The lowest BCUT2D eigenvalue weighted by molar-refractivity contribution is 0.00718. The van der Waals surface area contributed by atoms with E-state index in [-0.39, 0.29) is 0 Å². The van der Waals surface area contributed by atoms with Gasteiger partial charge >= 0.3 is 0 Å². The Morgan fingerprint density at radius 2 is 1.89 bits per heavy atom. The lowest BCUT2D eigenvalue weighted by Gasteiger charge is -2.45. The fourth-order valence-corrected chi connectivity index (χ4v) is 3.49. The van der Waals surface area contributed by atoms with Crippen molar-refractivity contribution in [2.45, 2.75) is 52.0 Å². The van der Waals surface area contributed by atoms with Crippen molar-refractivity contribution in [2.75, 3.05) is 32.8 Å². The minimum atomic E-state index is 0.575. The van der Waals surface area contributed by atoms with Gasteiger partial charge in [-0.2, -0.15) is 0 Å². The highest BCUT2D eigenvalue weighted by molar-refractivity contribution is 4.88. The van der Waals surface area contributed by atoms with Gasteiger partial charge in [0.2, 0.25) is 0 Å². The SMILES string of the molecule is CCC1(C)CCN(C(CN)C2CCOCC2)CC1. The summed E-state index contributed by atoms with van der Waals surface area (Å²) in [5.74, 6) is 0.759. The Kier molecular flexibility index (Phi) is 5.05. The summed E-state index contributed by atoms with van der Waals surface area (Å²) in [4.78, 5) is 2.66. The summed E-state index contributed by atoms with van der Waals surface area (Å²) in [6.45, 7) is 9.93. The normalized spacial score (nSPS) is 28.2. The van der Waals surface area contributed by atoms with Gasteiger partial charge in [-0.25, -0.2) is 0 Å². The largest absolute Gasteiger partial charge is 0.381 e. The molecule has 106 valence electrons. The molecule has 0 radical (unpaired) electrons. The molecule has 3 nitrogen and oxygen atoms in total. The highest BCUT2D eigenvalue weighted by atomic mass is 16.5. The molecule has 0 spiro atoms. The highest BCUT2D eigenvalue weighted by Crippen LogP contribution is 2.36. The van der Waals surface area contributed by atoms with Crippen molar-refractivity contribution in [3.05, 3.63) is 0 Å². The first-order chi connectivity index (χ1) is 8.68. The minimum absolute atomic E-state index is 0.575. The fourth-order valence-electron chi connectivity index (χ4n) is 3.49. The third-order valence-corrected chi connectivity index (χ3v) is 5.38. The molecule has 1 atom stereocenters. The Bertz CT molecular complexity index is 243. The van der Waals surface area contributed by atoms with Crippen LogP contribution in [0.5, 0.6) is 0 Å². The van der Waals surface area contributed by atoms with Gasteiger partial charge in [-0.15, -0.1) is 0 Å². The molecule has 2 N–H and O–H groups in total. The molecule has 18 heavy (non-hydrogen) atoms. The van der Waals surface area contributed by atoms with E-state index in [1.807, 2.05) is 0 Å². The summed E-state index contributed by atoms with van der Waals surface area (Å²) in [5.41, 5.74) is 6.63. The summed E-state index contributed by atoms with van der Waals surface area (Å²) in [5, 5.41) is 0. The van der Waals surface area contributed by atoms with E-state index in [1.54, 1.807) is 0 Å². The van der Waals surface area contributed by atoms with Gasteiger partial charge in [-0.1, -0.05) is 20.3 Å². The van der Waals surface area contributed by atoms with Gasteiger partial charge in [0.05, 0.1) is 0 Å². The van der Waals surface area contributed by atoms with Gasteiger partial charge in [0.15, 0.2) is 0 Å². The molecule has 1 unspecified atom stereocenters. The predicted molar refractivity (Wildman–Crippen MR) is 75.6 cm³/mol. The third kappa shape index (κ3) is 3.25. The average Bonchev–Trinajstić information content (AvgIpc) is 2.43. The van der Waals surface area contributed by atoms with Crippen LogP contribution in [0.2, 0.25) is 0 Å². The number of rotatable bonds is 4. The van der Waals surface area contributed by atoms with E-state index in [4.69, 9.17) is 10.5 Å². The number of piperidine rings is 1. The van der Waals surface area contributed by atoms with E-state index in [2.05, 4.69) is 18.7 Å². The van der Waals surface area contributed by atoms with Crippen LogP contribution in [0.3, 0.4) is 0 Å². The molecule has 0 aliphatic carbocycles. The molecule has 2 aliphatic rings. The standard InChI is InChI=1S/C15H30N2O/c1-3-15(2)6-8-17(9-7-15)14(12-16)13-4-10-18-11-5-13/h13-14H,3-12,16H2,1-2H3. The van der Waals surface area contributed by atoms with E-state index in [9.17, 15) is 0 Å². The maximum atomic E-state index is 6.05. The van der Waals surface area contributed by atoms with Gasteiger partial charge in [-0.3, -0.25) is 4.90 Å². The van der Waals surface area contributed by atoms with Crippen LogP contribution in [0.4, 0.5) is 0 Å². The Balaban J connectivity index is 1.89. The van der Waals surface area contributed by atoms with Crippen molar-refractivity contribution >= 4 is 0 Å². The Hall–Kier alpha value is -0.120. The first-order valence-electron chi connectivity index (χ1n) is 7.70. The van der Waals surface area contributed by atoms with E-state index < -0.39 is 0 Å². The smallest absolute Gasteiger partial charge is 0.0469 e. The number of nitrogens with two attached hydrogens (primary N) is 1. The molecule has 0 aromatic heterocycles. The average molecular weight is 254 g/mol. The van der Waals surface area contributed by atoms with Crippen molar-refractivity contribution in [1.29, 1.82) is 0 Å². The first-order valence-corrected chi connectivity index (χ1v) is 7.70. The van der Waals surface area contributed by atoms with Crippen molar-refractivity contribution in [2.24, 2.45) is 17.1 Å². The summed E-state index contributed by atoms with van der Waals surface area (Å²) < 4.78 is 5.47. The van der Waals surface area contributed by atoms with Gasteiger partial charge in [0.25, 0.3) is 0 Å². The Labute approximate surface area is 112 Å². The van der Waals surface area contributed by atoms with Crippen LogP contribution in [-0.2, 0) is 4.74 Å². The molecule has 2 rings (SSSR count). The molecule has 2 saturated heterocycles. The number of likely N-dealkylation sites (tertiary alicyclic amines) is 1. The van der Waals surface area contributed by atoms with Crippen LogP contribution in [0.25, 0.3) is 0 Å². The van der Waals surface area contributed by atoms with E-state index >= 15 is 0 Å². The van der Waals surface area contributed by atoms with Crippen LogP contribution in [0.1, 0.15) is 46.0 Å². The third-order valence-electron chi connectivity index (χ3n) is 5.38. The van der Waals surface area contributed by atoms with E-state index in [0.717, 1.165) is 25.7 Å². The van der Waals surface area contributed by atoms with Crippen LogP contribution in [0, 0.1) is 11.3 Å². The van der Waals surface area contributed by atoms with Crippen molar-refractivity contribution < 1.29 is 4.74 Å². The first kappa shape index (κ1) is 14.3. The zero-order valence-corrected chi connectivity index (χ0v) is 12.2. The second-order valence-corrected chi connectivity index (χ2v) is 6.45. The molecule has 0 aromatic rings. The van der Waals surface area contributed by atoms with Crippen LogP contribution in [0.15, 0.2) is 0 Å². The maximum Gasteiger partial charge on any atom is 0.0469 e. The fraction of sp³-hybridized carbons (Fsp3) is 1.00. The molecule has 2 heterocycles. The van der Waals surface area contributed by atoms with E-state index in [1.165, 1.54) is 45.2 Å². The lowest BCUT2D eigenvalue weighted by Crippen LogP contribution is -2.51. The molecular formula is C15H30N2O. The lowest BCUT2D eigenvalue weighted by atomic mass is 9.77. The molecule has 2 fully saturated rings. The second-order valence-electron chi connectivity index (χ2n) is 6.45. The van der Waals surface area contributed by atoms with Crippen LogP contribution < -0.4 is 5.73 Å². The van der Waals surface area contributed by atoms with Crippen molar-refractivity contribution in [1.82, 2.24) is 4.90 Å². The zero-order chi connectivity index (χ0) is 13.0. The Morgan fingerprint density at radius 1 is 1.28 bits per heavy atom. The summed E-state index contributed by atoms with van der Waals surface area (Å²) in [7, 11) is 0. The van der Waals surface area contributed by atoms with Crippen molar-refractivity contribution in [3.63, 3.8) is 0 Å². The molecular weight excluding hydrogens is 224 g/mol.